The molecule has 0 spiro atoms. The van der Waals surface area contributed by atoms with Crippen molar-refractivity contribution in [3.05, 3.63) is 59.4 Å². The van der Waals surface area contributed by atoms with Crippen LogP contribution in [0.15, 0.2) is 42.6 Å². The van der Waals surface area contributed by atoms with E-state index in [9.17, 15) is 18.0 Å². The summed E-state index contributed by atoms with van der Waals surface area (Å²) >= 11 is 0. The van der Waals surface area contributed by atoms with Gasteiger partial charge in [-0.3, -0.25) is 9.78 Å². The van der Waals surface area contributed by atoms with Crippen molar-refractivity contribution in [3.63, 3.8) is 0 Å². The Morgan fingerprint density at radius 1 is 1.22 bits per heavy atom. The first kappa shape index (κ1) is 16.8. The van der Waals surface area contributed by atoms with Crippen molar-refractivity contribution in [3.8, 4) is 5.75 Å². The molecule has 2 rings (SSSR count). The number of aromatic nitrogens is 1. The third kappa shape index (κ3) is 4.98. The molecule has 0 radical (unpaired) electrons. The Morgan fingerprint density at radius 2 is 1.87 bits per heavy atom. The molecule has 0 bridgehead atoms. The molecule has 4 nitrogen and oxygen atoms in total. The summed E-state index contributed by atoms with van der Waals surface area (Å²) < 4.78 is 40.1. The molecule has 7 heteroatoms. The number of aryl methyl sites for hydroxylation is 1. The molecule has 0 aliphatic rings. The maximum absolute atomic E-state index is 12.1. The summed E-state index contributed by atoms with van der Waals surface area (Å²) in [4.78, 5) is 16.1. The van der Waals surface area contributed by atoms with E-state index in [2.05, 4.69) is 15.0 Å². The van der Waals surface area contributed by atoms with Gasteiger partial charge in [0.05, 0.1) is 6.04 Å². The van der Waals surface area contributed by atoms with Gasteiger partial charge in [-0.05, 0) is 43.7 Å². The Bertz CT molecular complexity index is 684. The zero-order chi connectivity index (χ0) is 17.0. The molecular formula is C16H15F3N2O2. The summed E-state index contributed by atoms with van der Waals surface area (Å²) in [7, 11) is 0. The van der Waals surface area contributed by atoms with Crippen LogP contribution in [0, 0.1) is 6.92 Å². The number of halogens is 3. The molecule has 1 amide bonds. The predicted molar refractivity (Wildman–Crippen MR) is 78.0 cm³/mol. The number of hydrogen-bond acceptors (Lipinski definition) is 3. The molecule has 0 fully saturated rings. The van der Waals surface area contributed by atoms with E-state index in [-0.39, 0.29) is 17.7 Å². The van der Waals surface area contributed by atoms with Crippen LogP contribution < -0.4 is 10.1 Å². The number of hydrogen-bond donors (Lipinski definition) is 1. The highest BCUT2D eigenvalue weighted by Crippen LogP contribution is 2.24. The quantitative estimate of drug-likeness (QED) is 0.931. The third-order valence-corrected chi connectivity index (χ3v) is 3.12. The second-order valence-corrected chi connectivity index (χ2v) is 5.00. The number of benzene rings is 1. The topological polar surface area (TPSA) is 51.2 Å². The minimum atomic E-state index is -4.72. The first-order valence-electron chi connectivity index (χ1n) is 6.84. The van der Waals surface area contributed by atoms with Gasteiger partial charge in [-0.15, -0.1) is 13.2 Å². The highest BCUT2D eigenvalue weighted by molar-refractivity contribution is 5.94. The molecule has 122 valence electrons. The zero-order valence-electron chi connectivity index (χ0n) is 12.5. The number of nitrogens with one attached hydrogen (secondary N) is 1. The number of carbonyl (C=O) groups excluding carboxylic acids is 1. The van der Waals surface area contributed by atoms with Gasteiger partial charge in [-0.25, -0.2) is 0 Å². The lowest BCUT2D eigenvalue weighted by atomic mass is 10.1. The smallest absolute Gasteiger partial charge is 0.406 e. The van der Waals surface area contributed by atoms with E-state index in [1.54, 1.807) is 26.0 Å². The van der Waals surface area contributed by atoms with Crippen molar-refractivity contribution in [1.29, 1.82) is 0 Å². The summed E-state index contributed by atoms with van der Waals surface area (Å²) in [6, 6.07) is 8.26. The van der Waals surface area contributed by atoms with Crippen LogP contribution in [-0.4, -0.2) is 17.3 Å². The van der Waals surface area contributed by atoms with Gasteiger partial charge in [0.15, 0.2) is 0 Å². The SMILES string of the molecule is Cc1cc(C(=O)NC(C)c2ccc(OC(F)(F)F)cc2)ccn1. The lowest BCUT2D eigenvalue weighted by Gasteiger charge is -2.15. The van der Waals surface area contributed by atoms with Crippen LogP contribution in [0.1, 0.15) is 34.6 Å². The zero-order valence-corrected chi connectivity index (χ0v) is 12.5. The molecule has 1 unspecified atom stereocenters. The fraction of sp³-hybridized carbons (Fsp3) is 0.250. The van der Waals surface area contributed by atoms with Crippen LogP contribution >= 0.6 is 0 Å². The van der Waals surface area contributed by atoms with Crippen LogP contribution in [0.2, 0.25) is 0 Å². The van der Waals surface area contributed by atoms with E-state index in [1.807, 2.05) is 0 Å². The van der Waals surface area contributed by atoms with Gasteiger partial charge in [0.2, 0.25) is 0 Å². The number of carbonyl (C=O) groups is 1. The molecular weight excluding hydrogens is 309 g/mol. The van der Waals surface area contributed by atoms with Crippen molar-refractivity contribution >= 4 is 5.91 Å². The first-order valence-corrected chi connectivity index (χ1v) is 6.84. The summed E-state index contributed by atoms with van der Waals surface area (Å²) in [6.45, 7) is 3.52. The Morgan fingerprint density at radius 3 is 2.43 bits per heavy atom. The average molecular weight is 324 g/mol. The number of alkyl halides is 3. The Kier molecular flexibility index (Phi) is 4.88. The molecule has 0 saturated heterocycles. The summed E-state index contributed by atoms with van der Waals surface area (Å²) in [5.74, 6) is -0.580. The summed E-state index contributed by atoms with van der Waals surface area (Å²) in [5.41, 5.74) is 1.86. The van der Waals surface area contributed by atoms with Crippen LogP contribution in [0.5, 0.6) is 5.75 Å². The highest BCUT2D eigenvalue weighted by atomic mass is 19.4. The molecule has 1 aromatic heterocycles. The van der Waals surface area contributed by atoms with Gasteiger partial charge in [0, 0.05) is 17.5 Å². The van der Waals surface area contributed by atoms with Gasteiger partial charge in [0.1, 0.15) is 5.75 Å². The molecule has 23 heavy (non-hydrogen) atoms. The largest absolute Gasteiger partial charge is 0.573 e. The third-order valence-electron chi connectivity index (χ3n) is 3.12. The standard InChI is InChI=1S/C16H15F3N2O2/c1-10-9-13(7-8-20-10)15(22)21-11(2)12-3-5-14(6-4-12)23-16(17,18)19/h3-9,11H,1-2H3,(H,21,22). The predicted octanol–water partition coefficient (Wildman–Crippen LogP) is 3.78. The van der Waals surface area contributed by atoms with Crippen molar-refractivity contribution in [2.45, 2.75) is 26.3 Å². The van der Waals surface area contributed by atoms with Crippen molar-refractivity contribution < 1.29 is 22.7 Å². The summed E-state index contributed by atoms with van der Waals surface area (Å²) in [6.07, 6.45) is -3.18. The van der Waals surface area contributed by atoms with Crippen LogP contribution in [-0.2, 0) is 0 Å². The Balaban J connectivity index is 2.03. The molecule has 0 aliphatic heterocycles. The van der Waals surface area contributed by atoms with Gasteiger partial charge < -0.3 is 10.1 Å². The number of nitrogens with zero attached hydrogens (tertiary/aromatic N) is 1. The number of pyridine rings is 1. The fourth-order valence-electron chi connectivity index (χ4n) is 2.01. The Labute approximate surface area is 131 Å². The number of amides is 1. The van der Waals surface area contributed by atoms with E-state index in [4.69, 9.17) is 0 Å². The van der Waals surface area contributed by atoms with E-state index < -0.39 is 6.36 Å². The fourth-order valence-corrected chi connectivity index (χ4v) is 2.01. The second kappa shape index (κ2) is 6.68. The van der Waals surface area contributed by atoms with Crippen molar-refractivity contribution in [2.24, 2.45) is 0 Å². The van der Waals surface area contributed by atoms with Gasteiger partial charge in [-0.1, -0.05) is 12.1 Å². The minimum Gasteiger partial charge on any atom is -0.406 e. The average Bonchev–Trinajstić information content (AvgIpc) is 2.46. The van der Waals surface area contributed by atoms with E-state index >= 15 is 0 Å². The Hall–Kier alpha value is -2.57. The highest BCUT2D eigenvalue weighted by Gasteiger charge is 2.31. The maximum atomic E-state index is 12.1. The first-order chi connectivity index (χ1) is 10.7. The van der Waals surface area contributed by atoms with Crippen LogP contribution in [0.25, 0.3) is 0 Å². The number of ether oxygens (including phenoxy) is 1. The summed E-state index contributed by atoms with van der Waals surface area (Å²) in [5, 5.41) is 2.78. The normalized spacial score (nSPS) is 12.6. The van der Waals surface area contributed by atoms with E-state index in [0.29, 0.717) is 11.1 Å². The molecule has 1 aromatic carbocycles. The molecule has 1 atom stereocenters. The maximum Gasteiger partial charge on any atom is 0.573 e. The van der Waals surface area contributed by atoms with Gasteiger partial charge >= 0.3 is 6.36 Å². The minimum absolute atomic E-state index is 0.279. The molecule has 2 aromatic rings. The second-order valence-electron chi connectivity index (χ2n) is 5.00. The number of rotatable bonds is 4. The molecule has 1 heterocycles. The van der Waals surface area contributed by atoms with Crippen LogP contribution in [0.3, 0.4) is 0 Å². The lowest BCUT2D eigenvalue weighted by molar-refractivity contribution is -0.274. The molecule has 1 N–H and O–H groups in total. The monoisotopic (exact) mass is 324 g/mol. The van der Waals surface area contributed by atoms with Crippen LogP contribution in [0.4, 0.5) is 13.2 Å². The van der Waals surface area contributed by atoms with Crippen molar-refractivity contribution in [2.75, 3.05) is 0 Å². The van der Waals surface area contributed by atoms with E-state index in [1.165, 1.54) is 30.5 Å². The van der Waals surface area contributed by atoms with Crippen molar-refractivity contribution in [1.82, 2.24) is 10.3 Å². The lowest BCUT2D eigenvalue weighted by Crippen LogP contribution is -2.26. The van der Waals surface area contributed by atoms with Gasteiger partial charge in [0.25, 0.3) is 5.91 Å². The van der Waals surface area contributed by atoms with E-state index in [0.717, 1.165) is 5.69 Å². The van der Waals surface area contributed by atoms with Gasteiger partial charge in [-0.2, -0.15) is 0 Å². The molecule has 0 saturated carbocycles. The molecule has 0 aliphatic carbocycles.